The summed E-state index contributed by atoms with van der Waals surface area (Å²) in [5, 5.41) is 12.4. The molecule has 0 aromatic carbocycles. The predicted molar refractivity (Wildman–Crippen MR) is 57.3 cm³/mol. The Labute approximate surface area is 93.6 Å². The summed E-state index contributed by atoms with van der Waals surface area (Å²) in [4.78, 5) is 15.2. The summed E-state index contributed by atoms with van der Waals surface area (Å²) >= 11 is 1.20. The maximum atomic E-state index is 10.6. The van der Waals surface area contributed by atoms with Crippen LogP contribution in [0.4, 0.5) is 0 Å². The molecular formula is C9H5N5OS. The van der Waals surface area contributed by atoms with Gasteiger partial charge in [-0.1, -0.05) is 11.3 Å². The van der Waals surface area contributed by atoms with Crippen molar-refractivity contribution >= 4 is 22.6 Å². The van der Waals surface area contributed by atoms with Crippen molar-refractivity contribution in [2.24, 2.45) is 0 Å². The number of carbonyl (C=O) groups is 1. The van der Waals surface area contributed by atoms with Crippen LogP contribution in [0, 0.1) is 0 Å². The largest absolute Gasteiger partial charge is 0.295 e. The number of aromatic nitrogens is 5. The minimum absolute atomic E-state index is 0.384. The molecule has 0 fully saturated rings. The van der Waals surface area contributed by atoms with Crippen molar-refractivity contribution in [2.45, 2.75) is 0 Å². The van der Waals surface area contributed by atoms with E-state index in [1.165, 1.54) is 11.3 Å². The van der Waals surface area contributed by atoms with E-state index in [1.54, 1.807) is 16.9 Å². The molecule has 3 aromatic rings. The van der Waals surface area contributed by atoms with Crippen LogP contribution in [0.1, 0.15) is 9.80 Å². The highest BCUT2D eigenvalue weighted by Gasteiger charge is 2.12. The number of fused-ring (bicyclic) bond motifs is 1. The number of aldehydes is 1. The second kappa shape index (κ2) is 3.46. The van der Waals surface area contributed by atoms with E-state index in [1.807, 2.05) is 12.1 Å². The molecule has 3 heterocycles. The van der Waals surface area contributed by atoms with Crippen LogP contribution in [0.3, 0.4) is 0 Å². The second-order valence-electron chi connectivity index (χ2n) is 3.02. The van der Waals surface area contributed by atoms with Gasteiger partial charge in [-0.15, -0.1) is 15.3 Å². The maximum Gasteiger partial charge on any atom is 0.235 e. The lowest BCUT2D eigenvalue weighted by molar-refractivity contribution is 0.112. The van der Waals surface area contributed by atoms with Crippen LogP contribution in [-0.4, -0.2) is 31.1 Å². The van der Waals surface area contributed by atoms with Crippen LogP contribution in [0.25, 0.3) is 16.3 Å². The number of nitrogens with zero attached hydrogens (tertiary/aromatic N) is 5. The second-order valence-corrected chi connectivity index (χ2v) is 4.01. The summed E-state index contributed by atoms with van der Waals surface area (Å²) in [5.41, 5.74) is 0.817. The van der Waals surface area contributed by atoms with Crippen LogP contribution < -0.4 is 0 Å². The zero-order chi connectivity index (χ0) is 11.0. The van der Waals surface area contributed by atoms with Gasteiger partial charge in [0.1, 0.15) is 0 Å². The minimum Gasteiger partial charge on any atom is -0.295 e. The lowest BCUT2D eigenvalue weighted by Gasteiger charge is -1.93. The van der Waals surface area contributed by atoms with Crippen LogP contribution in [-0.2, 0) is 0 Å². The molecule has 7 heteroatoms. The minimum atomic E-state index is 0.384. The SMILES string of the molecule is O=Cc1nn2c(-c3cccnc3)nnc2s1. The number of carbonyl (C=O) groups excluding carboxylic acids is 1. The summed E-state index contributed by atoms with van der Waals surface area (Å²) in [5.74, 6) is 0.590. The average Bonchev–Trinajstić information content (AvgIpc) is 2.88. The first-order valence-electron chi connectivity index (χ1n) is 4.46. The van der Waals surface area contributed by atoms with Gasteiger partial charge in [-0.25, -0.2) is 0 Å². The molecule has 16 heavy (non-hydrogen) atoms. The molecule has 3 rings (SSSR count). The van der Waals surface area contributed by atoms with Crippen LogP contribution in [0.5, 0.6) is 0 Å². The summed E-state index contributed by atoms with van der Waals surface area (Å²) < 4.78 is 1.55. The molecule has 6 nitrogen and oxygen atoms in total. The monoisotopic (exact) mass is 231 g/mol. The fraction of sp³-hybridized carbons (Fsp3) is 0. The van der Waals surface area contributed by atoms with E-state index in [9.17, 15) is 4.79 Å². The van der Waals surface area contributed by atoms with Gasteiger partial charge in [0.05, 0.1) is 0 Å². The van der Waals surface area contributed by atoms with Gasteiger partial charge in [0.15, 0.2) is 17.1 Å². The van der Waals surface area contributed by atoms with E-state index < -0.39 is 0 Å². The lowest BCUT2D eigenvalue weighted by Crippen LogP contribution is -1.91. The zero-order valence-corrected chi connectivity index (χ0v) is 8.76. The quantitative estimate of drug-likeness (QED) is 0.616. The third-order valence-corrected chi connectivity index (χ3v) is 2.85. The van der Waals surface area contributed by atoms with Crippen molar-refractivity contribution in [1.29, 1.82) is 0 Å². The van der Waals surface area contributed by atoms with E-state index in [0.717, 1.165) is 5.56 Å². The molecule has 0 aliphatic heterocycles. The van der Waals surface area contributed by atoms with Gasteiger partial charge in [0.2, 0.25) is 4.96 Å². The molecule has 78 valence electrons. The Bertz CT molecular complexity index is 644. The molecule has 0 amide bonds. The van der Waals surface area contributed by atoms with Crippen LogP contribution in [0.15, 0.2) is 24.5 Å². The molecule has 0 bridgehead atoms. The molecule has 0 saturated carbocycles. The Kier molecular flexibility index (Phi) is 1.97. The van der Waals surface area contributed by atoms with Gasteiger partial charge in [-0.05, 0) is 12.1 Å². The van der Waals surface area contributed by atoms with Crippen molar-refractivity contribution in [3.05, 3.63) is 29.5 Å². The molecule has 0 radical (unpaired) electrons. The van der Waals surface area contributed by atoms with Crippen molar-refractivity contribution < 1.29 is 4.79 Å². The number of pyridine rings is 1. The third kappa shape index (κ3) is 1.29. The molecule has 0 aliphatic carbocycles. The van der Waals surface area contributed by atoms with E-state index >= 15 is 0 Å². The topological polar surface area (TPSA) is 73.0 Å². The molecule has 0 aliphatic rings. The first-order valence-corrected chi connectivity index (χ1v) is 5.28. The highest BCUT2D eigenvalue weighted by molar-refractivity contribution is 7.18. The first kappa shape index (κ1) is 9.10. The number of hydrogen-bond donors (Lipinski definition) is 0. The molecule has 0 atom stereocenters. The standard InChI is InChI=1S/C9H5N5OS/c15-5-7-13-14-8(11-12-9(14)16-7)6-2-1-3-10-4-6/h1-5H. The van der Waals surface area contributed by atoms with Crippen LogP contribution >= 0.6 is 11.3 Å². The molecular weight excluding hydrogens is 226 g/mol. The summed E-state index contributed by atoms with van der Waals surface area (Å²) in [6.45, 7) is 0. The Hall–Kier alpha value is -2.15. The highest BCUT2D eigenvalue weighted by Crippen LogP contribution is 2.19. The highest BCUT2D eigenvalue weighted by atomic mass is 32.1. The Morgan fingerprint density at radius 1 is 1.38 bits per heavy atom. The average molecular weight is 231 g/mol. The van der Waals surface area contributed by atoms with Gasteiger partial charge in [-0.2, -0.15) is 4.52 Å². The summed E-state index contributed by atoms with van der Waals surface area (Å²) in [7, 11) is 0. The molecule has 0 spiro atoms. The smallest absolute Gasteiger partial charge is 0.235 e. The Morgan fingerprint density at radius 2 is 2.31 bits per heavy atom. The number of hydrogen-bond acceptors (Lipinski definition) is 6. The normalized spacial score (nSPS) is 10.8. The molecule has 0 N–H and O–H groups in total. The fourth-order valence-electron chi connectivity index (χ4n) is 1.35. The van der Waals surface area contributed by atoms with Gasteiger partial charge >= 0.3 is 0 Å². The number of rotatable bonds is 2. The molecule has 3 aromatic heterocycles. The maximum absolute atomic E-state index is 10.6. The van der Waals surface area contributed by atoms with Crippen molar-refractivity contribution in [1.82, 2.24) is 24.8 Å². The Morgan fingerprint density at radius 3 is 3.06 bits per heavy atom. The Balaban J connectivity index is 2.24. The first-order chi connectivity index (χ1) is 7.88. The molecule has 0 unspecified atom stereocenters. The fourth-order valence-corrected chi connectivity index (χ4v) is 2.01. The summed E-state index contributed by atoms with van der Waals surface area (Å²) in [6, 6.07) is 3.67. The predicted octanol–water partition coefficient (Wildman–Crippen LogP) is 1.06. The lowest BCUT2D eigenvalue weighted by atomic mass is 10.3. The van der Waals surface area contributed by atoms with Crippen LogP contribution in [0.2, 0.25) is 0 Å². The summed E-state index contributed by atoms with van der Waals surface area (Å²) in [6.07, 6.45) is 4.06. The zero-order valence-electron chi connectivity index (χ0n) is 7.94. The van der Waals surface area contributed by atoms with E-state index in [0.29, 0.717) is 22.1 Å². The molecule has 0 saturated heterocycles. The van der Waals surface area contributed by atoms with Crippen molar-refractivity contribution in [3.63, 3.8) is 0 Å². The van der Waals surface area contributed by atoms with Crippen molar-refractivity contribution in [2.75, 3.05) is 0 Å². The van der Waals surface area contributed by atoms with Crippen molar-refractivity contribution in [3.8, 4) is 11.4 Å². The van der Waals surface area contributed by atoms with E-state index in [4.69, 9.17) is 0 Å². The van der Waals surface area contributed by atoms with Gasteiger partial charge in [0.25, 0.3) is 0 Å². The van der Waals surface area contributed by atoms with E-state index in [-0.39, 0.29) is 0 Å². The third-order valence-electron chi connectivity index (χ3n) is 2.03. The van der Waals surface area contributed by atoms with Gasteiger partial charge in [0, 0.05) is 18.0 Å². The van der Waals surface area contributed by atoms with Gasteiger partial charge in [-0.3, -0.25) is 9.78 Å². The van der Waals surface area contributed by atoms with E-state index in [2.05, 4.69) is 20.3 Å². The van der Waals surface area contributed by atoms with Gasteiger partial charge < -0.3 is 0 Å².